The van der Waals surface area contributed by atoms with Crippen LogP contribution in [0.5, 0.6) is 0 Å². The lowest BCUT2D eigenvalue weighted by Crippen LogP contribution is -2.49. The first-order valence-electron chi connectivity index (χ1n) is 9.05. The van der Waals surface area contributed by atoms with E-state index in [1.165, 1.54) is 22.0 Å². The van der Waals surface area contributed by atoms with Gasteiger partial charge in [-0.05, 0) is 12.8 Å². The van der Waals surface area contributed by atoms with E-state index in [1.54, 1.807) is 0 Å². The number of nitrogens with zero attached hydrogens (tertiary/aromatic N) is 2. The first-order chi connectivity index (χ1) is 11.1. The zero-order chi connectivity index (χ0) is 17.1. The van der Waals surface area contributed by atoms with E-state index >= 15 is 0 Å². The molecule has 1 N–H and O–H groups in total. The van der Waals surface area contributed by atoms with E-state index in [-0.39, 0.29) is 0 Å². The molecule has 0 atom stereocenters. The molecular formula is C17H31N3O3. The van der Waals surface area contributed by atoms with Crippen LogP contribution in [0.4, 0.5) is 0 Å². The fourth-order valence-corrected chi connectivity index (χ4v) is 2.69. The van der Waals surface area contributed by atoms with Crippen LogP contribution in [0.15, 0.2) is 14.4 Å². The molecule has 0 spiro atoms. The van der Waals surface area contributed by atoms with E-state index in [0.29, 0.717) is 13.1 Å². The van der Waals surface area contributed by atoms with Gasteiger partial charge in [0.05, 0.1) is 0 Å². The summed E-state index contributed by atoms with van der Waals surface area (Å²) in [5.74, 6) is 0. The van der Waals surface area contributed by atoms with E-state index in [2.05, 4.69) is 18.8 Å². The average Bonchev–Trinajstić information content (AvgIpc) is 2.52. The molecule has 0 radical (unpaired) electrons. The van der Waals surface area contributed by atoms with Crippen LogP contribution in [0.1, 0.15) is 78.1 Å². The SMILES string of the molecule is CCCCCCCn1c(=O)[nH]c(=O)n(CCCCCCC)c1=O. The third-order valence-corrected chi connectivity index (χ3v) is 4.14. The molecule has 0 aliphatic carbocycles. The highest BCUT2D eigenvalue weighted by Crippen LogP contribution is 2.03. The van der Waals surface area contributed by atoms with Crippen LogP contribution in [0.2, 0.25) is 0 Å². The highest BCUT2D eigenvalue weighted by Gasteiger charge is 2.09. The van der Waals surface area contributed by atoms with Crippen LogP contribution in [-0.4, -0.2) is 14.1 Å². The number of unbranched alkanes of at least 4 members (excludes halogenated alkanes) is 8. The Morgan fingerprint density at radius 1 is 0.652 bits per heavy atom. The lowest BCUT2D eigenvalue weighted by Gasteiger charge is -2.09. The van der Waals surface area contributed by atoms with Crippen molar-refractivity contribution >= 4 is 0 Å². The molecule has 0 aliphatic rings. The van der Waals surface area contributed by atoms with Gasteiger partial charge in [-0.3, -0.25) is 4.98 Å². The van der Waals surface area contributed by atoms with Crippen LogP contribution >= 0.6 is 0 Å². The van der Waals surface area contributed by atoms with Gasteiger partial charge in [0, 0.05) is 13.1 Å². The maximum Gasteiger partial charge on any atom is 0.336 e. The van der Waals surface area contributed by atoms with Crippen LogP contribution in [0.25, 0.3) is 0 Å². The lowest BCUT2D eigenvalue weighted by atomic mass is 10.1. The zero-order valence-corrected chi connectivity index (χ0v) is 14.6. The summed E-state index contributed by atoms with van der Waals surface area (Å²) in [5.41, 5.74) is -1.64. The van der Waals surface area contributed by atoms with E-state index in [0.717, 1.165) is 51.4 Å². The van der Waals surface area contributed by atoms with Gasteiger partial charge in [-0.2, -0.15) is 0 Å². The van der Waals surface area contributed by atoms with Crippen LogP contribution in [0, 0.1) is 0 Å². The Hall–Kier alpha value is -1.59. The number of rotatable bonds is 12. The van der Waals surface area contributed by atoms with Crippen LogP contribution in [-0.2, 0) is 13.1 Å². The molecule has 0 fully saturated rings. The van der Waals surface area contributed by atoms with Crippen molar-refractivity contribution in [1.29, 1.82) is 0 Å². The summed E-state index contributed by atoms with van der Waals surface area (Å²) in [6.45, 7) is 5.05. The third kappa shape index (κ3) is 6.59. The first kappa shape index (κ1) is 19.5. The summed E-state index contributed by atoms with van der Waals surface area (Å²) < 4.78 is 2.33. The number of hydrogen-bond acceptors (Lipinski definition) is 3. The molecule has 0 amide bonds. The molecule has 0 saturated heterocycles. The first-order valence-corrected chi connectivity index (χ1v) is 9.05. The van der Waals surface area contributed by atoms with Gasteiger partial charge < -0.3 is 0 Å². The van der Waals surface area contributed by atoms with Crippen molar-refractivity contribution in [2.75, 3.05) is 0 Å². The summed E-state index contributed by atoms with van der Waals surface area (Å²) >= 11 is 0. The van der Waals surface area contributed by atoms with Crippen molar-refractivity contribution in [1.82, 2.24) is 14.1 Å². The van der Waals surface area contributed by atoms with Crippen molar-refractivity contribution in [3.63, 3.8) is 0 Å². The summed E-state index contributed by atoms with van der Waals surface area (Å²) in [5, 5.41) is 0. The quantitative estimate of drug-likeness (QED) is 0.600. The summed E-state index contributed by atoms with van der Waals surface area (Å²) in [6, 6.07) is 0. The van der Waals surface area contributed by atoms with Gasteiger partial charge >= 0.3 is 17.1 Å². The summed E-state index contributed by atoms with van der Waals surface area (Å²) in [6.07, 6.45) is 10.4. The molecule has 1 rings (SSSR count). The number of nitrogens with one attached hydrogen (secondary N) is 1. The molecule has 6 nitrogen and oxygen atoms in total. The van der Waals surface area contributed by atoms with E-state index in [4.69, 9.17) is 0 Å². The minimum Gasteiger partial charge on any atom is -0.259 e. The van der Waals surface area contributed by atoms with Gasteiger partial charge in [0.25, 0.3) is 0 Å². The Balaban J connectivity index is 2.68. The van der Waals surface area contributed by atoms with Crippen molar-refractivity contribution in [2.45, 2.75) is 91.1 Å². The van der Waals surface area contributed by atoms with E-state index in [1.807, 2.05) is 0 Å². The molecule has 23 heavy (non-hydrogen) atoms. The maximum absolute atomic E-state index is 12.4. The minimum atomic E-state index is -0.585. The minimum absolute atomic E-state index is 0.383. The molecule has 132 valence electrons. The standard InChI is InChI=1S/C17H31N3O3/c1-3-5-7-9-11-13-19-15(21)18-16(22)20(17(19)23)14-12-10-8-6-4-2/h3-14H2,1-2H3,(H,18,21,22). The lowest BCUT2D eigenvalue weighted by molar-refractivity contribution is 0.465. The Morgan fingerprint density at radius 2 is 1.04 bits per heavy atom. The van der Waals surface area contributed by atoms with Gasteiger partial charge in [0.2, 0.25) is 0 Å². The normalized spacial score (nSPS) is 11.0. The van der Waals surface area contributed by atoms with Crippen LogP contribution < -0.4 is 17.1 Å². The number of H-pyrrole nitrogens is 1. The topological polar surface area (TPSA) is 76.9 Å². The number of hydrogen-bond donors (Lipinski definition) is 1. The predicted octanol–water partition coefficient (Wildman–Crippen LogP) is 2.64. The van der Waals surface area contributed by atoms with Gasteiger partial charge in [-0.15, -0.1) is 0 Å². The Morgan fingerprint density at radius 3 is 1.43 bits per heavy atom. The van der Waals surface area contributed by atoms with Crippen molar-refractivity contribution < 1.29 is 0 Å². The average molecular weight is 325 g/mol. The summed E-state index contributed by atoms with van der Waals surface area (Å²) in [4.78, 5) is 38.3. The van der Waals surface area contributed by atoms with Crippen molar-refractivity contribution in [2.24, 2.45) is 0 Å². The molecule has 0 aliphatic heterocycles. The number of aromatic nitrogens is 3. The maximum atomic E-state index is 12.4. The molecule has 0 saturated carbocycles. The van der Waals surface area contributed by atoms with E-state index in [9.17, 15) is 14.4 Å². The summed E-state index contributed by atoms with van der Waals surface area (Å²) in [7, 11) is 0. The van der Waals surface area contributed by atoms with Crippen molar-refractivity contribution in [3.05, 3.63) is 31.5 Å². The van der Waals surface area contributed by atoms with Crippen molar-refractivity contribution in [3.8, 4) is 0 Å². The molecule has 1 aromatic heterocycles. The molecule has 0 bridgehead atoms. The second-order valence-electron chi connectivity index (χ2n) is 6.15. The fourth-order valence-electron chi connectivity index (χ4n) is 2.69. The fraction of sp³-hybridized carbons (Fsp3) is 0.824. The van der Waals surface area contributed by atoms with Gasteiger partial charge in [0.15, 0.2) is 0 Å². The van der Waals surface area contributed by atoms with Gasteiger partial charge in [-0.1, -0.05) is 65.2 Å². The second-order valence-corrected chi connectivity index (χ2v) is 6.15. The number of aromatic amines is 1. The Kier molecular flexibility index (Phi) is 9.33. The third-order valence-electron chi connectivity index (χ3n) is 4.14. The van der Waals surface area contributed by atoms with Gasteiger partial charge in [-0.25, -0.2) is 23.5 Å². The highest BCUT2D eigenvalue weighted by molar-refractivity contribution is 4.74. The highest BCUT2D eigenvalue weighted by atomic mass is 16.2. The zero-order valence-electron chi connectivity index (χ0n) is 14.6. The second kappa shape index (κ2) is 11.0. The van der Waals surface area contributed by atoms with Gasteiger partial charge in [0.1, 0.15) is 0 Å². The van der Waals surface area contributed by atoms with Crippen LogP contribution in [0.3, 0.4) is 0 Å². The molecule has 0 aromatic carbocycles. The largest absolute Gasteiger partial charge is 0.336 e. The Labute approximate surface area is 137 Å². The smallest absolute Gasteiger partial charge is 0.259 e. The molecule has 1 aromatic rings. The molecule has 6 heteroatoms. The predicted molar refractivity (Wildman–Crippen MR) is 93.1 cm³/mol. The molecule has 0 unspecified atom stereocenters. The Bertz CT molecular complexity index is 563. The molecule has 1 heterocycles. The monoisotopic (exact) mass is 325 g/mol. The van der Waals surface area contributed by atoms with E-state index < -0.39 is 17.1 Å². The molecular weight excluding hydrogens is 294 g/mol.